The summed E-state index contributed by atoms with van der Waals surface area (Å²) in [5.41, 5.74) is 0.741. The number of benzene rings is 1. The Morgan fingerprint density at radius 3 is 2.67 bits per heavy atom. The molecule has 0 aliphatic carbocycles. The molecule has 0 bridgehead atoms. The van der Waals surface area contributed by atoms with E-state index in [1.165, 1.54) is 16.7 Å². The molecule has 24 heavy (non-hydrogen) atoms. The maximum absolute atomic E-state index is 12.2. The molecule has 1 aromatic carbocycles. The molecule has 3 amide bonds. The van der Waals surface area contributed by atoms with Crippen LogP contribution in [0.25, 0.3) is 0 Å². The highest BCUT2D eigenvalue weighted by Gasteiger charge is 2.27. The molecule has 0 saturated heterocycles. The van der Waals surface area contributed by atoms with Gasteiger partial charge in [-0.05, 0) is 32.4 Å². The largest absolute Gasteiger partial charge is 0.352 e. The fourth-order valence-electron chi connectivity index (χ4n) is 2.29. The molecular formula is C17H23N3O3S. The second-order valence-electron chi connectivity index (χ2n) is 5.84. The average Bonchev–Trinajstić information content (AvgIpc) is 2.57. The van der Waals surface area contributed by atoms with Crippen molar-refractivity contribution in [1.29, 1.82) is 0 Å². The summed E-state index contributed by atoms with van der Waals surface area (Å²) in [6, 6.07) is 6.91. The van der Waals surface area contributed by atoms with Crippen LogP contribution < -0.4 is 15.5 Å². The van der Waals surface area contributed by atoms with Gasteiger partial charge in [0.25, 0.3) is 0 Å². The number of nitrogens with zero attached hydrogens (tertiary/aromatic N) is 1. The van der Waals surface area contributed by atoms with E-state index in [0.717, 1.165) is 17.0 Å². The lowest BCUT2D eigenvalue weighted by Crippen LogP contribution is -2.51. The van der Waals surface area contributed by atoms with Gasteiger partial charge in [0.2, 0.25) is 17.7 Å². The standard InChI is InChI=1S/C17H23N3O3S/c1-4-11(2)18-17(23)12(3)19-15(21)9-20-13-7-5-6-8-14(13)24-10-16(20)22/h5-8,11-12H,4,9-10H2,1-3H3,(H,18,23)(H,19,21)/t11-,12+/m0/s1. The predicted octanol–water partition coefficient (Wildman–Crippen LogP) is 1.54. The molecule has 1 heterocycles. The molecule has 1 aromatic rings. The first-order valence-corrected chi connectivity index (χ1v) is 9.02. The number of rotatable bonds is 6. The van der Waals surface area contributed by atoms with Gasteiger partial charge >= 0.3 is 0 Å². The summed E-state index contributed by atoms with van der Waals surface area (Å²) in [7, 11) is 0. The zero-order valence-corrected chi connectivity index (χ0v) is 15.0. The van der Waals surface area contributed by atoms with Gasteiger partial charge < -0.3 is 15.5 Å². The van der Waals surface area contributed by atoms with E-state index in [-0.39, 0.29) is 30.3 Å². The smallest absolute Gasteiger partial charge is 0.242 e. The van der Waals surface area contributed by atoms with Crippen molar-refractivity contribution in [2.75, 3.05) is 17.2 Å². The number of carbonyl (C=O) groups excluding carboxylic acids is 3. The highest BCUT2D eigenvalue weighted by Crippen LogP contribution is 2.34. The summed E-state index contributed by atoms with van der Waals surface area (Å²) < 4.78 is 0. The van der Waals surface area contributed by atoms with E-state index in [1.54, 1.807) is 6.92 Å². The van der Waals surface area contributed by atoms with Crippen molar-refractivity contribution in [1.82, 2.24) is 10.6 Å². The minimum absolute atomic E-state index is 0.0597. The third kappa shape index (κ3) is 4.50. The molecule has 0 saturated carbocycles. The third-order valence-electron chi connectivity index (χ3n) is 3.88. The van der Waals surface area contributed by atoms with E-state index in [0.29, 0.717) is 5.75 Å². The number of nitrogens with one attached hydrogen (secondary N) is 2. The molecule has 7 heteroatoms. The first-order valence-electron chi connectivity index (χ1n) is 8.04. The van der Waals surface area contributed by atoms with Gasteiger partial charge in [0.15, 0.2) is 0 Å². The van der Waals surface area contributed by atoms with Crippen LogP contribution in [-0.2, 0) is 14.4 Å². The molecule has 2 rings (SSSR count). The Hall–Kier alpha value is -2.02. The van der Waals surface area contributed by atoms with Gasteiger partial charge in [0.1, 0.15) is 12.6 Å². The lowest BCUT2D eigenvalue weighted by atomic mass is 10.2. The van der Waals surface area contributed by atoms with Crippen LogP contribution in [0.4, 0.5) is 5.69 Å². The van der Waals surface area contributed by atoms with Crippen LogP contribution in [0, 0.1) is 0 Å². The Kier molecular flexibility index (Phi) is 6.25. The van der Waals surface area contributed by atoms with E-state index in [1.807, 2.05) is 38.1 Å². The molecular weight excluding hydrogens is 326 g/mol. The predicted molar refractivity (Wildman–Crippen MR) is 95.0 cm³/mol. The van der Waals surface area contributed by atoms with Gasteiger partial charge in [-0.3, -0.25) is 14.4 Å². The van der Waals surface area contributed by atoms with Crippen LogP contribution in [0.15, 0.2) is 29.2 Å². The summed E-state index contributed by atoms with van der Waals surface area (Å²) in [4.78, 5) is 38.8. The second kappa shape index (κ2) is 8.19. The van der Waals surface area contributed by atoms with Crippen LogP contribution in [0.2, 0.25) is 0 Å². The first kappa shape index (κ1) is 18.3. The molecule has 6 nitrogen and oxygen atoms in total. The van der Waals surface area contributed by atoms with Crippen LogP contribution in [0.3, 0.4) is 0 Å². The number of carbonyl (C=O) groups is 3. The highest BCUT2D eigenvalue weighted by molar-refractivity contribution is 8.00. The van der Waals surface area contributed by atoms with Gasteiger partial charge in [0.05, 0.1) is 11.4 Å². The number of hydrogen-bond donors (Lipinski definition) is 2. The Morgan fingerprint density at radius 1 is 1.25 bits per heavy atom. The summed E-state index contributed by atoms with van der Waals surface area (Å²) >= 11 is 1.47. The number of hydrogen-bond acceptors (Lipinski definition) is 4. The Morgan fingerprint density at radius 2 is 1.96 bits per heavy atom. The van der Waals surface area contributed by atoms with Gasteiger partial charge in [-0.25, -0.2) is 0 Å². The summed E-state index contributed by atoms with van der Waals surface area (Å²) in [5, 5.41) is 5.48. The zero-order chi connectivity index (χ0) is 17.7. The third-order valence-corrected chi connectivity index (χ3v) is 4.93. The molecule has 2 atom stereocenters. The van der Waals surface area contributed by atoms with Crippen molar-refractivity contribution >= 4 is 35.2 Å². The fraction of sp³-hybridized carbons (Fsp3) is 0.471. The van der Waals surface area contributed by atoms with Crippen molar-refractivity contribution in [2.45, 2.75) is 44.2 Å². The molecule has 0 aromatic heterocycles. The average molecular weight is 349 g/mol. The second-order valence-corrected chi connectivity index (χ2v) is 6.86. The van der Waals surface area contributed by atoms with E-state index >= 15 is 0 Å². The van der Waals surface area contributed by atoms with Crippen molar-refractivity contribution in [3.05, 3.63) is 24.3 Å². The topological polar surface area (TPSA) is 78.5 Å². The molecule has 0 spiro atoms. The van der Waals surface area contributed by atoms with Gasteiger partial charge in [-0.15, -0.1) is 11.8 Å². The molecule has 0 fully saturated rings. The maximum atomic E-state index is 12.2. The van der Waals surface area contributed by atoms with Gasteiger partial charge in [-0.1, -0.05) is 19.1 Å². The normalized spacial score (nSPS) is 16.1. The molecule has 130 valence electrons. The lowest BCUT2D eigenvalue weighted by molar-refractivity contribution is -0.128. The fourth-order valence-corrected chi connectivity index (χ4v) is 3.23. The SMILES string of the molecule is CC[C@H](C)NC(=O)[C@@H](C)NC(=O)CN1C(=O)CSc2ccccc21. The minimum atomic E-state index is -0.643. The number of anilines is 1. The minimum Gasteiger partial charge on any atom is -0.352 e. The number of amides is 3. The van der Waals surface area contributed by atoms with E-state index in [2.05, 4.69) is 10.6 Å². The summed E-state index contributed by atoms with van der Waals surface area (Å²) in [6.07, 6.45) is 0.823. The van der Waals surface area contributed by atoms with Crippen LogP contribution in [-0.4, -0.2) is 42.1 Å². The molecule has 1 aliphatic heterocycles. The van der Waals surface area contributed by atoms with Crippen LogP contribution in [0.5, 0.6) is 0 Å². The van der Waals surface area contributed by atoms with Gasteiger partial charge in [-0.2, -0.15) is 0 Å². The van der Waals surface area contributed by atoms with Crippen LogP contribution in [0.1, 0.15) is 27.2 Å². The maximum Gasteiger partial charge on any atom is 0.242 e. The Labute approximate surface area is 146 Å². The molecule has 0 unspecified atom stereocenters. The van der Waals surface area contributed by atoms with Crippen molar-refractivity contribution in [3.63, 3.8) is 0 Å². The summed E-state index contributed by atoms with van der Waals surface area (Å²) in [6.45, 7) is 5.44. The first-order chi connectivity index (χ1) is 11.4. The number of thioether (sulfide) groups is 1. The van der Waals surface area contributed by atoms with Crippen molar-refractivity contribution in [2.24, 2.45) is 0 Å². The van der Waals surface area contributed by atoms with Gasteiger partial charge in [0, 0.05) is 10.9 Å². The van der Waals surface area contributed by atoms with Crippen molar-refractivity contribution in [3.8, 4) is 0 Å². The van der Waals surface area contributed by atoms with E-state index in [9.17, 15) is 14.4 Å². The number of fused-ring (bicyclic) bond motifs is 1. The number of para-hydroxylation sites is 1. The van der Waals surface area contributed by atoms with E-state index in [4.69, 9.17) is 0 Å². The highest BCUT2D eigenvalue weighted by atomic mass is 32.2. The molecule has 2 N–H and O–H groups in total. The Bertz CT molecular complexity index is 635. The monoisotopic (exact) mass is 349 g/mol. The zero-order valence-electron chi connectivity index (χ0n) is 14.2. The Balaban J connectivity index is 1.97. The van der Waals surface area contributed by atoms with E-state index < -0.39 is 6.04 Å². The quantitative estimate of drug-likeness (QED) is 0.817. The van der Waals surface area contributed by atoms with Crippen LogP contribution >= 0.6 is 11.8 Å². The summed E-state index contributed by atoms with van der Waals surface area (Å²) in [5.74, 6) is -0.366. The molecule has 0 radical (unpaired) electrons. The molecule has 1 aliphatic rings. The lowest BCUT2D eigenvalue weighted by Gasteiger charge is -2.28. The van der Waals surface area contributed by atoms with Crippen molar-refractivity contribution < 1.29 is 14.4 Å².